The van der Waals surface area contributed by atoms with E-state index in [1.165, 1.54) is 5.56 Å². The van der Waals surface area contributed by atoms with Crippen molar-refractivity contribution in [2.24, 2.45) is 0 Å². The van der Waals surface area contributed by atoms with E-state index in [0.29, 0.717) is 5.69 Å². The molecule has 20 heavy (non-hydrogen) atoms. The predicted octanol–water partition coefficient (Wildman–Crippen LogP) is 1.78. The molecule has 0 radical (unpaired) electrons. The molecule has 1 heterocycles. The van der Waals surface area contributed by atoms with Gasteiger partial charge in [-0.3, -0.25) is 14.6 Å². The first-order valence-electron chi connectivity index (χ1n) is 6.99. The number of nitrogens with zero attached hydrogens (tertiary/aromatic N) is 1. The summed E-state index contributed by atoms with van der Waals surface area (Å²) in [4.78, 5) is 28.5. The van der Waals surface area contributed by atoms with Crippen molar-refractivity contribution >= 4 is 11.9 Å². The average Bonchev–Trinajstić information content (AvgIpc) is 2.87. The summed E-state index contributed by atoms with van der Waals surface area (Å²) in [6.07, 6.45) is 2.96. The summed E-state index contributed by atoms with van der Waals surface area (Å²) >= 11 is 0. The van der Waals surface area contributed by atoms with E-state index in [1.807, 2.05) is 6.07 Å². The third-order valence-corrected chi connectivity index (χ3v) is 3.29. The number of hydrogen-bond acceptors (Lipinski definition) is 5. The molecule has 1 aliphatic rings. The number of carbonyl (C=O) groups is 2. The predicted molar refractivity (Wildman–Crippen MR) is 72.3 cm³/mol. The zero-order valence-corrected chi connectivity index (χ0v) is 11.8. The molecule has 2 rings (SSSR count). The molecular formula is C15H19NO4. The Kier molecular flexibility index (Phi) is 4.71. The quantitative estimate of drug-likeness (QED) is 0.606. The zero-order valence-electron chi connectivity index (χ0n) is 11.8. The number of pyridine rings is 1. The molecule has 0 spiro atoms. The van der Waals surface area contributed by atoms with Crippen LogP contribution >= 0.6 is 0 Å². The normalized spacial score (nSPS) is 13.2. The summed E-state index contributed by atoms with van der Waals surface area (Å²) < 4.78 is 9.93. The number of aromatic nitrogens is 1. The number of esters is 2. The molecule has 0 aromatic carbocycles. The highest BCUT2D eigenvalue weighted by Gasteiger charge is 2.33. The number of rotatable bonds is 5. The molecule has 0 aliphatic heterocycles. The van der Waals surface area contributed by atoms with E-state index in [1.54, 1.807) is 19.9 Å². The lowest BCUT2D eigenvalue weighted by Gasteiger charge is -2.14. The van der Waals surface area contributed by atoms with E-state index in [4.69, 9.17) is 9.47 Å². The van der Waals surface area contributed by atoms with Crippen molar-refractivity contribution in [3.63, 3.8) is 0 Å². The topological polar surface area (TPSA) is 65.5 Å². The van der Waals surface area contributed by atoms with E-state index in [9.17, 15) is 9.59 Å². The molecule has 5 heteroatoms. The first-order chi connectivity index (χ1) is 9.67. The number of ether oxygens (including phenoxy) is 2. The second kappa shape index (κ2) is 6.50. The van der Waals surface area contributed by atoms with Crippen molar-refractivity contribution in [3.8, 4) is 0 Å². The van der Waals surface area contributed by atoms with Crippen molar-refractivity contribution in [2.45, 2.75) is 39.0 Å². The van der Waals surface area contributed by atoms with Gasteiger partial charge in [0.1, 0.15) is 0 Å². The Morgan fingerprint density at radius 1 is 1.15 bits per heavy atom. The molecule has 0 saturated carbocycles. The molecule has 0 N–H and O–H groups in total. The Balaban J connectivity index is 2.30. The maximum Gasteiger partial charge on any atom is 0.326 e. The number of carbonyl (C=O) groups excluding carboxylic acids is 2. The molecule has 1 aromatic heterocycles. The van der Waals surface area contributed by atoms with Crippen LogP contribution in [0.2, 0.25) is 0 Å². The minimum Gasteiger partial charge on any atom is -0.465 e. The fraction of sp³-hybridized carbons (Fsp3) is 0.533. The standard InChI is InChI=1S/C15H19NO4/c1-3-19-14(17)13(15(18)20-4-2)12-9-8-10-6-5-7-11(10)16-12/h8-9,13H,3-7H2,1-2H3. The number of fused-ring (bicyclic) bond motifs is 1. The Hall–Kier alpha value is -1.91. The molecule has 108 valence electrons. The third-order valence-electron chi connectivity index (χ3n) is 3.29. The highest BCUT2D eigenvalue weighted by Crippen LogP contribution is 2.24. The highest BCUT2D eigenvalue weighted by molar-refractivity contribution is 6.00. The number of hydrogen-bond donors (Lipinski definition) is 0. The van der Waals surface area contributed by atoms with Crippen LogP contribution < -0.4 is 0 Å². The van der Waals surface area contributed by atoms with Crippen LogP contribution in [-0.2, 0) is 31.9 Å². The SMILES string of the molecule is CCOC(=O)C(C(=O)OCC)c1ccc2c(n1)CCC2. The van der Waals surface area contributed by atoms with Gasteiger partial charge in [-0.15, -0.1) is 0 Å². The van der Waals surface area contributed by atoms with E-state index >= 15 is 0 Å². The van der Waals surface area contributed by atoms with Gasteiger partial charge in [0.2, 0.25) is 0 Å². The van der Waals surface area contributed by atoms with Gasteiger partial charge in [-0.05, 0) is 44.7 Å². The summed E-state index contributed by atoms with van der Waals surface area (Å²) in [5.74, 6) is -2.28. The third kappa shape index (κ3) is 2.98. The maximum absolute atomic E-state index is 12.0. The van der Waals surface area contributed by atoms with Crippen molar-refractivity contribution in [1.82, 2.24) is 4.98 Å². The van der Waals surface area contributed by atoms with Crippen LogP contribution in [0.25, 0.3) is 0 Å². The van der Waals surface area contributed by atoms with Gasteiger partial charge in [-0.1, -0.05) is 6.07 Å². The van der Waals surface area contributed by atoms with Crippen LogP contribution in [0, 0.1) is 0 Å². The minimum atomic E-state index is -1.08. The fourth-order valence-corrected chi connectivity index (χ4v) is 2.39. The summed E-state index contributed by atoms with van der Waals surface area (Å²) in [6, 6.07) is 3.67. The van der Waals surface area contributed by atoms with E-state index in [-0.39, 0.29) is 13.2 Å². The Morgan fingerprint density at radius 3 is 2.40 bits per heavy atom. The maximum atomic E-state index is 12.0. The summed E-state index contributed by atoms with van der Waals surface area (Å²) in [5, 5.41) is 0. The van der Waals surface area contributed by atoms with Gasteiger partial charge in [0.05, 0.1) is 18.9 Å². The van der Waals surface area contributed by atoms with E-state index in [0.717, 1.165) is 25.0 Å². The Labute approximate surface area is 118 Å². The fourth-order valence-electron chi connectivity index (χ4n) is 2.39. The van der Waals surface area contributed by atoms with Crippen LogP contribution in [0.5, 0.6) is 0 Å². The molecule has 0 amide bonds. The first kappa shape index (κ1) is 14.5. The van der Waals surface area contributed by atoms with Crippen molar-refractivity contribution in [1.29, 1.82) is 0 Å². The average molecular weight is 277 g/mol. The second-order valence-corrected chi connectivity index (χ2v) is 4.63. The van der Waals surface area contributed by atoms with Gasteiger partial charge in [-0.2, -0.15) is 0 Å². The van der Waals surface area contributed by atoms with E-state index < -0.39 is 17.9 Å². The highest BCUT2D eigenvalue weighted by atomic mass is 16.6. The summed E-state index contributed by atoms with van der Waals surface area (Å²) in [5.41, 5.74) is 2.59. The minimum absolute atomic E-state index is 0.222. The first-order valence-corrected chi connectivity index (χ1v) is 6.99. The van der Waals surface area contributed by atoms with Crippen LogP contribution in [0.4, 0.5) is 0 Å². The molecule has 0 atom stereocenters. The van der Waals surface area contributed by atoms with Gasteiger partial charge in [0.25, 0.3) is 0 Å². The molecule has 0 bridgehead atoms. The second-order valence-electron chi connectivity index (χ2n) is 4.63. The van der Waals surface area contributed by atoms with Crippen LogP contribution in [0.15, 0.2) is 12.1 Å². The van der Waals surface area contributed by atoms with Crippen molar-refractivity contribution in [3.05, 3.63) is 29.1 Å². The molecule has 0 saturated heterocycles. The molecular weight excluding hydrogens is 258 g/mol. The van der Waals surface area contributed by atoms with Gasteiger partial charge >= 0.3 is 11.9 Å². The largest absolute Gasteiger partial charge is 0.465 e. The van der Waals surface area contributed by atoms with Crippen LogP contribution in [0.3, 0.4) is 0 Å². The van der Waals surface area contributed by atoms with Gasteiger partial charge in [-0.25, -0.2) is 0 Å². The van der Waals surface area contributed by atoms with E-state index in [2.05, 4.69) is 4.98 Å². The molecule has 0 unspecified atom stereocenters. The lowest BCUT2D eigenvalue weighted by atomic mass is 10.0. The van der Waals surface area contributed by atoms with Gasteiger partial charge in [0, 0.05) is 5.69 Å². The Morgan fingerprint density at radius 2 is 1.80 bits per heavy atom. The van der Waals surface area contributed by atoms with Crippen molar-refractivity contribution in [2.75, 3.05) is 13.2 Å². The van der Waals surface area contributed by atoms with Gasteiger partial charge in [0.15, 0.2) is 5.92 Å². The number of aryl methyl sites for hydroxylation is 2. The summed E-state index contributed by atoms with van der Waals surface area (Å²) in [6.45, 7) is 3.85. The lowest BCUT2D eigenvalue weighted by molar-refractivity contribution is -0.157. The van der Waals surface area contributed by atoms with Crippen LogP contribution in [0.1, 0.15) is 43.1 Å². The lowest BCUT2D eigenvalue weighted by Crippen LogP contribution is -2.27. The van der Waals surface area contributed by atoms with Crippen molar-refractivity contribution < 1.29 is 19.1 Å². The molecule has 1 aromatic rings. The molecule has 5 nitrogen and oxygen atoms in total. The van der Waals surface area contributed by atoms with Crippen LogP contribution in [-0.4, -0.2) is 30.1 Å². The Bertz CT molecular complexity index is 495. The zero-order chi connectivity index (χ0) is 14.5. The smallest absolute Gasteiger partial charge is 0.326 e. The monoisotopic (exact) mass is 277 g/mol. The van der Waals surface area contributed by atoms with Gasteiger partial charge < -0.3 is 9.47 Å². The molecule has 0 fully saturated rings. The molecule has 1 aliphatic carbocycles. The summed E-state index contributed by atoms with van der Waals surface area (Å²) in [7, 11) is 0.